The third-order valence-corrected chi connectivity index (χ3v) is 3.93. The third kappa shape index (κ3) is 3.25. The summed E-state index contributed by atoms with van der Waals surface area (Å²) in [6, 6.07) is 11.7. The molecule has 0 fully saturated rings. The van der Waals surface area contributed by atoms with E-state index in [1.807, 2.05) is 0 Å². The Kier molecular flexibility index (Phi) is 4.51. The normalized spacial score (nSPS) is 11.7. The molecule has 0 spiro atoms. The molecule has 0 unspecified atom stereocenters. The molecule has 0 bridgehead atoms. The number of rotatable bonds is 3. The predicted molar refractivity (Wildman–Crippen MR) is 86.4 cm³/mol. The van der Waals surface area contributed by atoms with Crippen molar-refractivity contribution in [2.75, 3.05) is 0 Å². The second-order valence-electron chi connectivity index (χ2n) is 4.98. The predicted octanol–water partition coefficient (Wildman–Crippen LogP) is 5.35. The fraction of sp³-hybridized carbons (Fsp3) is 0.125. The van der Waals surface area contributed by atoms with Gasteiger partial charge in [0.1, 0.15) is 5.69 Å². The van der Waals surface area contributed by atoms with Gasteiger partial charge in [-0.2, -0.15) is 13.2 Å². The van der Waals surface area contributed by atoms with E-state index in [-0.39, 0.29) is 5.88 Å². The van der Waals surface area contributed by atoms with Crippen molar-refractivity contribution in [1.29, 1.82) is 0 Å². The lowest BCUT2D eigenvalue weighted by Crippen LogP contribution is -2.06. The first kappa shape index (κ1) is 16.8. The molecular formula is C16H10Cl2F3N3. The summed E-state index contributed by atoms with van der Waals surface area (Å²) in [5.41, 5.74) is 1.63. The van der Waals surface area contributed by atoms with Crippen LogP contribution >= 0.6 is 23.2 Å². The lowest BCUT2D eigenvalue weighted by atomic mass is 10.1. The van der Waals surface area contributed by atoms with E-state index in [0.717, 1.165) is 17.7 Å². The molecule has 24 heavy (non-hydrogen) atoms. The van der Waals surface area contributed by atoms with E-state index in [1.54, 1.807) is 24.3 Å². The summed E-state index contributed by atoms with van der Waals surface area (Å²) in [4.78, 5) is 0. The average Bonchev–Trinajstić information content (AvgIpc) is 2.99. The van der Waals surface area contributed by atoms with E-state index in [2.05, 4.69) is 10.3 Å². The van der Waals surface area contributed by atoms with Gasteiger partial charge >= 0.3 is 6.18 Å². The second kappa shape index (κ2) is 6.45. The van der Waals surface area contributed by atoms with Crippen LogP contribution in [0, 0.1) is 0 Å². The quantitative estimate of drug-likeness (QED) is 0.581. The van der Waals surface area contributed by atoms with Crippen LogP contribution in [0.2, 0.25) is 5.02 Å². The molecule has 124 valence electrons. The monoisotopic (exact) mass is 371 g/mol. The van der Waals surface area contributed by atoms with Crippen LogP contribution in [0.25, 0.3) is 16.9 Å². The molecule has 0 aliphatic rings. The molecule has 0 amide bonds. The molecule has 2 aromatic carbocycles. The van der Waals surface area contributed by atoms with Crippen LogP contribution in [0.3, 0.4) is 0 Å². The van der Waals surface area contributed by atoms with Crippen molar-refractivity contribution in [2.24, 2.45) is 0 Å². The van der Waals surface area contributed by atoms with Crippen LogP contribution < -0.4 is 0 Å². The van der Waals surface area contributed by atoms with Crippen LogP contribution in [0.5, 0.6) is 0 Å². The van der Waals surface area contributed by atoms with Gasteiger partial charge in [-0.15, -0.1) is 16.7 Å². The van der Waals surface area contributed by atoms with E-state index in [0.29, 0.717) is 22.1 Å². The van der Waals surface area contributed by atoms with E-state index in [9.17, 15) is 13.2 Å². The Morgan fingerprint density at radius 3 is 2.12 bits per heavy atom. The molecule has 3 nitrogen and oxygen atoms in total. The first-order chi connectivity index (χ1) is 11.4. The maximum absolute atomic E-state index is 12.7. The number of aromatic nitrogens is 3. The van der Waals surface area contributed by atoms with Gasteiger partial charge in [0.2, 0.25) is 0 Å². The van der Waals surface area contributed by atoms with E-state index >= 15 is 0 Å². The first-order valence-corrected chi connectivity index (χ1v) is 7.75. The maximum atomic E-state index is 12.7. The van der Waals surface area contributed by atoms with Gasteiger partial charge in [-0.1, -0.05) is 28.9 Å². The van der Waals surface area contributed by atoms with Crippen molar-refractivity contribution < 1.29 is 13.2 Å². The number of halogens is 5. The minimum absolute atomic E-state index is 0.124. The minimum atomic E-state index is -4.39. The zero-order valence-corrected chi connectivity index (χ0v) is 13.6. The summed E-state index contributed by atoms with van der Waals surface area (Å²) in [5.74, 6) is 0.124. The van der Waals surface area contributed by atoms with Gasteiger partial charge in [0.25, 0.3) is 0 Å². The topological polar surface area (TPSA) is 30.7 Å². The Morgan fingerprint density at radius 1 is 0.958 bits per heavy atom. The molecule has 8 heteroatoms. The Hall–Kier alpha value is -2.05. The highest BCUT2D eigenvalue weighted by atomic mass is 35.5. The van der Waals surface area contributed by atoms with Gasteiger partial charge < -0.3 is 0 Å². The molecule has 0 radical (unpaired) electrons. The summed E-state index contributed by atoms with van der Waals surface area (Å²) in [5, 5.41) is 8.59. The highest BCUT2D eigenvalue weighted by Gasteiger charge is 2.30. The highest BCUT2D eigenvalue weighted by molar-refractivity contribution is 6.30. The molecule has 0 aliphatic heterocycles. The zero-order chi connectivity index (χ0) is 17.3. The molecule has 0 atom stereocenters. The summed E-state index contributed by atoms with van der Waals surface area (Å²) in [6.45, 7) is 0. The molecular weight excluding hydrogens is 362 g/mol. The van der Waals surface area contributed by atoms with Crippen molar-refractivity contribution in [3.05, 3.63) is 64.8 Å². The highest BCUT2D eigenvalue weighted by Crippen LogP contribution is 2.31. The molecule has 0 aliphatic carbocycles. The number of benzene rings is 2. The Morgan fingerprint density at radius 2 is 1.58 bits per heavy atom. The van der Waals surface area contributed by atoms with Crippen molar-refractivity contribution in [3.63, 3.8) is 0 Å². The summed E-state index contributed by atoms with van der Waals surface area (Å²) < 4.78 is 39.6. The van der Waals surface area contributed by atoms with Gasteiger partial charge in [0.15, 0.2) is 0 Å². The van der Waals surface area contributed by atoms with Crippen LogP contribution in [0.1, 0.15) is 11.3 Å². The van der Waals surface area contributed by atoms with E-state index < -0.39 is 11.7 Å². The van der Waals surface area contributed by atoms with Crippen LogP contribution in [0.15, 0.2) is 48.5 Å². The maximum Gasteiger partial charge on any atom is 0.416 e. The smallest absolute Gasteiger partial charge is 0.213 e. The van der Waals surface area contributed by atoms with Gasteiger partial charge in [0.05, 0.1) is 22.8 Å². The van der Waals surface area contributed by atoms with Crippen LogP contribution in [-0.4, -0.2) is 15.0 Å². The summed E-state index contributed by atoms with van der Waals surface area (Å²) in [6.07, 6.45) is -4.39. The molecule has 3 rings (SSSR count). The number of alkyl halides is 4. The standard InChI is InChI=1S/C16H10Cl2F3N3/c17-9-14-15(10-1-5-12(18)6-2-10)24(23-22-14)13-7-3-11(4-8-13)16(19,20)21/h1-8H,9H2. The fourth-order valence-corrected chi connectivity index (χ4v) is 2.58. The third-order valence-electron chi connectivity index (χ3n) is 3.42. The minimum Gasteiger partial charge on any atom is -0.213 e. The van der Waals surface area contributed by atoms with Crippen LogP contribution in [0.4, 0.5) is 13.2 Å². The molecule has 1 heterocycles. The van der Waals surface area contributed by atoms with Crippen LogP contribution in [-0.2, 0) is 12.1 Å². The molecule has 3 aromatic rings. The molecule has 0 saturated carbocycles. The van der Waals surface area contributed by atoms with Crippen molar-refractivity contribution in [1.82, 2.24) is 15.0 Å². The van der Waals surface area contributed by atoms with Crippen molar-refractivity contribution >= 4 is 23.2 Å². The van der Waals surface area contributed by atoms with Gasteiger partial charge in [0, 0.05) is 10.6 Å². The Bertz CT molecular complexity index is 840. The molecule has 0 N–H and O–H groups in total. The van der Waals surface area contributed by atoms with Gasteiger partial charge in [-0.25, -0.2) is 4.68 Å². The molecule has 0 saturated heterocycles. The van der Waals surface area contributed by atoms with E-state index in [1.165, 1.54) is 16.8 Å². The lowest BCUT2D eigenvalue weighted by Gasteiger charge is -2.10. The summed E-state index contributed by atoms with van der Waals surface area (Å²) >= 11 is 11.8. The van der Waals surface area contributed by atoms with Gasteiger partial charge in [-0.3, -0.25) is 0 Å². The Labute approximate surface area is 145 Å². The number of hydrogen-bond donors (Lipinski definition) is 0. The lowest BCUT2D eigenvalue weighted by molar-refractivity contribution is -0.137. The molecule has 1 aromatic heterocycles. The SMILES string of the molecule is FC(F)(F)c1ccc(-n2nnc(CCl)c2-c2ccc(Cl)cc2)cc1. The second-order valence-corrected chi connectivity index (χ2v) is 5.69. The average molecular weight is 372 g/mol. The first-order valence-electron chi connectivity index (χ1n) is 6.84. The zero-order valence-electron chi connectivity index (χ0n) is 12.1. The number of nitrogens with zero attached hydrogens (tertiary/aromatic N) is 3. The van der Waals surface area contributed by atoms with E-state index in [4.69, 9.17) is 23.2 Å². The largest absolute Gasteiger partial charge is 0.416 e. The fourth-order valence-electron chi connectivity index (χ4n) is 2.27. The van der Waals surface area contributed by atoms with Crippen molar-refractivity contribution in [3.8, 4) is 16.9 Å². The van der Waals surface area contributed by atoms with Crippen molar-refractivity contribution in [2.45, 2.75) is 12.1 Å². The Balaban J connectivity index is 2.09. The summed E-state index contributed by atoms with van der Waals surface area (Å²) in [7, 11) is 0. The van der Waals surface area contributed by atoms with Gasteiger partial charge in [-0.05, 0) is 36.4 Å². The number of hydrogen-bond acceptors (Lipinski definition) is 2.